The van der Waals surface area contributed by atoms with Crippen molar-refractivity contribution >= 4 is 34.8 Å². The minimum Gasteiger partial charge on any atom is -0.466 e. The predicted molar refractivity (Wildman–Crippen MR) is 145 cm³/mol. The van der Waals surface area contributed by atoms with Crippen LogP contribution < -0.4 is 0 Å². The lowest BCUT2D eigenvalue weighted by Crippen LogP contribution is -2.69. The molecule has 0 saturated heterocycles. The van der Waals surface area contributed by atoms with Crippen LogP contribution in [-0.4, -0.2) is 52.7 Å². The first-order chi connectivity index (χ1) is 17.9. The Bertz CT molecular complexity index is 1040. The van der Waals surface area contributed by atoms with Gasteiger partial charge in [-0.05, 0) is 55.9 Å². The average molecular weight is 551 g/mol. The maximum atomic E-state index is 14.6. The van der Waals surface area contributed by atoms with E-state index >= 15 is 0 Å². The first-order valence-corrected chi connectivity index (χ1v) is 14.7. The van der Waals surface area contributed by atoms with E-state index in [4.69, 9.17) is 21.7 Å². The van der Waals surface area contributed by atoms with E-state index in [0.717, 1.165) is 12.0 Å². The molecule has 3 saturated carbocycles. The van der Waals surface area contributed by atoms with E-state index in [1.165, 1.54) is 0 Å². The van der Waals surface area contributed by atoms with Gasteiger partial charge in [-0.15, -0.1) is 0 Å². The van der Waals surface area contributed by atoms with Crippen LogP contribution in [0.5, 0.6) is 0 Å². The molecule has 4 aliphatic carbocycles. The highest BCUT2D eigenvalue weighted by Crippen LogP contribution is 2.74. The number of allylic oxidation sites excluding steroid dienone is 1. The minimum atomic E-state index is -0.981. The van der Waals surface area contributed by atoms with E-state index in [1.54, 1.807) is 19.9 Å². The zero-order valence-corrected chi connectivity index (χ0v) is 24.3. The summed E-state index contributed by atoms with van der Waals surface area (Å²) in [5, 5.41) is 12.2. The predicted octanol–water partition coefficient (Wildman–Crippen LogP) is 5.48. The summed E-state index contributed by atoms with van der Waals surface area (Å²) in [6.45, 7) is 9.05. The molecule has 0 amide bonds. The topological polar surface area (TPSA) is 89.9 Å². The van der Waals surface area contributed by atoms with Crippen molar-refractivity contribution in [1.29, 1.82) is 0 Å². The van der Waals surface area contributed by atoms with Gasteiger partial charge in [-0.2, -0.15) is 0 Å². The Morgan fingerprint density at radius 1 is 1.16 bits per heavy atom. The van der Waals surface area contributed by atoms with Gasteiger partial charge < -0.3 is 14.6 Å². The molecule has 0 radical (unpaired) electrons. The second-order valence-corrected chi connectivity index (χ2v) is 13.0. The zero-order valence-electron chi connectivity index (χ0n) is 23.4. The summed E-state index contributed by atoms with van der Waals surface area (Å²) in [5.41, 5.74) is -2.19. The lowest BCUT2D eigenvalue weighted by Gasteiger charge is -2.67. The van der Waals surface area contributed by atoms with Gasteiger partial charge in [0.15, 0.2) is 5.78 Å². The van der Waals surface area contributed by atoms with Crippen molar-refractivity contribution in [3.8, 4) is 0 Å². The van der Waals surface area contributed by atoms with Crippen LogP contribution in [0.1, 0.15) is 92.4 Å². The SMILES string of the molecule is CCC(=O)OCC[C@@]1(OC(=O)CC)C(C)C[C@H]2[C@@H]3CCC4=CC(=O)CC[C@]4(C)[C@@]3(C(=S)CF)C(O)C[C@@]21C. The standard InChI is InChI=1S/C30H43FO6S/c1-6-25(34)36-13-12-29(37-26(35)7-2)18(3)14-22-21-9-8-19-15-20(32)10-11-27(19,4)30(21,24(38)17-31)23(33)16-28(22,29)5/h15,18,21-23,33H,6-14,16-17H2,1-5H3/t18?,21-,22-,23?,27-,28-,29+,30+/m0/s1. The van der Waals surface area contributed by atoms with Crippen LogP contribution in [0.15, 0.2) is 11.6 Å². The number of ketones is 1. The average Bonchev–Trinajstić information content (AvgIpc) is 3.09. The number of carbonyl (C=O) groups excluding carboxylic acids is 3. The molecule has 1 N–H and O–H groups in total. The first-order valence-electron chi connectivity index (χ1n) is 14.3. The van der Waals surface area contributed by atoms with Crippen molar-refractivity contribution in [2.75, 3.05) is 13.3 Å². The van der Waals surface area contributed by atoms with Crippen LogP contribution in [0.4, 0.5) is 4.39 Å². The molecule has 8 atom stereocenters. The molecule has 212 valence electrons. The number of fused-ring (bicyclic) bond motifs is 5. The molecule has 4 rings (SSSR count). The molecule has 2 unspecified atom stereocenters. The van der Waals surface area contributed by atoms with E-state index in [1.807, 2.05) is 0 Å². The van der Waals surface area contributed by atoms with Crippen LogP contribution in [0, 0.1) is 34.0 Å². The summed E-state index contributed by atoms with van der Waals surface area (Å²) in [4.78, 5) is 37.4. The van der Waals surface area contributed by atoms with Crippen molar-refractivity contribution in [1.82, 2.24) is 0 Å². The second-order valence-electron chi connectivity index (χ2n) is 12.5. The molecule has 6 nitrogen and oxygen atoms in total. The Morgan fingerprint density at radius 2 is 1.84 bits per heavy atom. The number of hydrogen-bond donors (Lipinski definition) is 1. The van der Waals surface area contributed by atoms with Gasteiger partial charge in [-0.3, -0.25) is 14.4 Å². The van der Waals surface area contributed by atoms with E-state index in [9.17, 15) is 23.9 Å². The second kappa shape index (κ2) is 10.4. The smallest absolute Gasteiger partial charge is 0.306 e. The lowest BCUT2D eigenvalue weighted by atomic mass is 9.37. The first kappa shape index (κ1) is 29.3. The number of aliphatic hydroxyl groups excluding tert-OH is 1. The Hall–Kier alpha value is -1.67. The number of carbonyl (C=O) groups is 3. The van der Waals surface area contributed by atoms with Gasteiger partial charge in [0.1, 0.15) is 12.3 Å². The summed E-state index contributed by atoms with van der Waals surface area (Å²) >= 11 is 5.80. The third-order valence-corrected chi connectivity index (χ3v) is 11.6. The number of thiocarbonyl (C=S) groups is 1. The molecule has 4 aliphatic rings. The molecule has 0 aromatic carbocycles. The van der Waals surface area contributed by atoms with Gasteiger partial charge in [-0.25, -0.2) is 4.39 Å². The monoisotopic (exact) mass is 550 g/mol. The summed E-state index contributed by atoms with van der Waals surface area (Å²) in [5.74, 6) is -0.734. The lowest BCUT2D eigenvalue weighted by molar-refractivity contribution is -0.219. The van der Waals surface area contributed by atoms with Crippen molar-refractivity contribution in [3.63, 3.8) is 0 Å². The fourth-order valence-corrected chi connectivity index (χ4v) is 9.88. The van der Waals surface area contributed by atoms with Gasteiger partial charge >= 0.3 is 11.9 Å². The summed E-state index contributed by atoms with van der Waals surface area (Å²) in [7, 11) is 0. The highest BCUT2D eigenvalue weighted by atomic mass is 32.1. The van der Waals surface area contributed by atoms with Crippen LogP contribution >= 0.6 is 12.2 Å². The number of esters is 2. The molecule has 0 aromatic rings. The molecule has 0 heterocycles. The van der Waals surface area contributed by atoms with Gasteiger partial charge in [0.2, 0.25) is 0 Å². The highest BCUT2D eigenvalue weighted by molar-refractivity contribution is 7.80. The van der Waals surface area contributed by atoms with Gasteiger partial charge in [0, 0.05) is 46.8 Å². The molecule has 0 spiro atoms. The Kier molecular flexibility index (Phi) is 8.01. The van der Waals surface area contributed by atoms with Crippen LogP contribution in [0.25, 0.3) is 0 Å². The number of aliphatic hydroxyl groups is 1. The summed E-state index contributed by atoms with van der Waals surface area (Å²) in [6.07, 6.45) is 4.86. The minimum absolute atomic E-state index is 0.00735. The van der Waals surface area contributed by atoms with Crippen molar-refractivity contribution in [3.05, 3.63) is 11.6 Å². The number of ether oxygens (including phenoxy) is 2. The normalized spacial score (nSPS) is 41.9. The van der Waals surface area contributed by atoms with Gasteiger partial charge in [-0.1, -0.05) is 52.4 Å². The number of rotatable bonds is 8. The van der Waals surface area contributed by atoms with Crippen molar-refractivity contribution in [2.24, 2.45) is 34.0 Å². The maximum Gasteiger partial charge on any atom is 0.306 e. The quantitative estimate of drug-likeness (QED) is 0.316. The van der Waals surface area contributed by atoms with Gasteiger partial charge in [0.05, 0.1) is 12.7 Å². The largest absolute Gasteiger partial charge is 0.466 e. The van der Waals surface area contributed by atoms with Gasteiger partial charge in [0.25, 0.3) is 0 Å². The zero-order chi connectivity index (χ0) is 28.1. The molecule has 38 heavy (non-hydrogen) atoms. The third-order valence-electron chi connectivity index (χ3n) is 11.1. The van der Waals surface area contributed by atoms with Crippen molar-refractivity contribution in [2.45, 2.75) is 104 Å². The Morgan fingerprint density at radius 3 is 2.47 bits per heavy atom. The molecular weight excluding hydrogens is 507 g/mol. The Labute approximate surface area is 231 Å². The van der Waals surface area contributed by atoms with Crippen molar-refractivity contribution < 1.29 is 33.4 Å². The molecule has 3 fully saturated rings. The molecule has 0 aliphatic heterocycles. The Balaban J connectivity index is 1.84. The van der Waals surface area contributed by atoms with Crippen LogP contribution in [-0.2, 0) is 23.9 Å². The highest BCUT2D eigenvalue weighted by Gasteiger charge is 2.75. The summed E-state index contributed by atoms with van der Waals surface area (Å²) in [6, 6.07) is 0. The fraction of sp³-hybridized carbons (Fsp3) is 0.800. The van der Waals surface area contributed by atoms with E-state index in [-0.39, 0.29) is 66.2 Å². The van der Waals surface area contributed by atoms with E-state index in [2.05, 4.69) is 20.8 Å². The van der Waals surface area contributed by atoms with Crippen LogP contribution in [0.3, 0.4) is 0 Å². The summed E-state index contributed by atoms with van der Waals surface area (Å²) < 4.78 is 26.4. The fourth-order valence-electron chi connectivity index (χ4n) is 9.37. The maximum absolute atomic E-state index is 14.6. The molecule has 8 heteroatoms. The molecule has 0 aromatic heterocycles. The number of hydrogen-bond acceptors (Lipinski definition) is 7. The van der Waals surface area contributed by atoms with E-state index in [0.29, 0.717) is 32.1 Å². The molecule has 0 bridgehead atoms. The van der Waals surface area contributed by atoms with E-state index < -0.39 is 34.6 Å². The third kappa shape index (κ3) is 3.94. The van der Waals surface area contributed by atoms with Crippen LogP contribution in [0.2, 0.25) is 0 Å². The molecular formula is C30H43FO6S. The number of halogens is 1. The number of alkyl halides is 1.